The number of amides is 1. The van der Waals surface area contributed by atoms with E-state index in [0.29, 0.717) is 11.3 Å². The number of rotatable bonds is 2. The van der Waals surface area contributed by atoms with Crippen molar-refractivity contribution in [3.8, 4) is 5.75 Å². The van der Waals surface area contributed by atoms with Gasteiger partial charge in [-0.3, -0.25) is 4.79 Å². The Kier molecular flexibility index (Phi) is 3.86. The molecular formula is C14H12INO2. The van der Waals surface area contributed by atoms with Crippen molar-refractivity contribution in [3.63, 3.8) is 0 Å². The molecular weight excluding hydrogens is 341 g/mol. The fourth-order valence-corrected chi connectivity index (χ4v) is 2.26. The van der Waals surface area contributed by atoms with E-state index < -0.39 is 0 Å². The molecule has 92 valence electrons. The van der Waals surface area contributed by atoms with Gasteiger partial charge in [0.05, 0.1) is 5.56 Å². The highest BCUT2D eigenvalue weighted by Crippen LogP contribution is 2.21. The molecule has 0 bridgehead atoms. The van der Waals surface area contributed by atoms with Gasteiger partial charge in [-0.05, 0) is 65.4 Å². The minimum atomic E-state index is -0.145. The number of nitrogens with one attached hydrogen (secondary N) is 1. The van der Waals surface area contributed by atoms with Crippen LogP contribution in [0, 0.1) is 10.5 Å². The van der Waals surface area contributed by atoms with Crippen LogP contribution in [0.15, 0.2) is 42.5 Å². The molecule has 0 fully saturated rings. The van der Waals surface area contributed by atoms with Gasteiger partial charge in [-0.1, -0.05) is 12.1 Å². The Morgan fingerprint density at radius 1 is 1.22 bits per heavy atom. The average Bonchev–Trinajstić information content (AvgIpc) is 2.33. The highest BCUT2D eigenvalue weighted by molar-refractivity contribution is 14.1. The number of aromatic hydroxyl groups is 1. The minimum Gasteiger partial charge on any atom is -0.508 e. The van der Waals surface area contributed by atoms with Gasteiger partial charge in [0.2, 0.25) is 0 Å². The fraction of sp³-hybridized carbons (Fsp3) is 0.0714. The normalized spacial score (nSPS) is 10.1. The summed E-state index contributed by atoms with van der Waals surface area (Å²) in [6.45, 7) is 1.84. The van der Waals surface area contributed by atoms with E-state index in [-0.39, 0.29) is 11.7 Å². The van der Waals surface area contributed by atoms with Crippen molar-refractivity contribution >= 4 is 34.2 Å². The van der Waals surface area contributed by atoms with E-state index in [0.717, 1.165) is 9.13 Å². The van der Waals surface area contributed by atoms with Crippen LogP contribution >= 0.6 is 22.6 Å². The number of carbonyl (C=O) groups excluding carboxylic acids is 1. The lowest BCUT2D eigenvalue weighted by Crippen LogP contribution is -2.14. The molecule has 4 heteroatoms. The van der Waals surface area contributed by atoms with Crippen molar-refractivity contribution in [1.29, 1.82) is 0 Å². The summed E-state index contributed by atoms with van der Waals surface area (Å²) >= 11 is 2.13. The average molecular weight is 353 g/mol. The minimum absolute atomic E-state index is 0.145. The molecule has 2 aromatic rings. The Morgan fingerprint density at radius 3 is 2.61 bits per heavy atom. The highest BCUT2D eigenvalue weighted by atomic mass is 127. The van der Waals surface area contributed by atoms with Crippen LogP contribution in [0.2, 0.25) is 0 Å². The summed E-state index contributed by atoms with van der Waals surface area (Å²) in [6.07, 6.45) is 0. The number of halogens is 1. The van der Waals surface area contributed by atoms with Gasteiger partial charge in [0.1, 0.15) is 5.75 Å². The number of phenols is 1. The lowest BCUT2D eigenvalue weighted by Gasteiger charge is -2.09. The van der Waals surface area contributed by atoms with Gasteiger partial charge in [-0.15, -0.1) is 0 Å². The molecule has 0 radical (unpaired) electrons. The molecule has 0 aliphatic carbocycles. The second kappa shape index (κ2) is 5.39. The van der Waals surface area contributed by atoms with Crippen LogP contribution in [0.25, 0.3) is 0 Å². The van der Waals surface area contributed by atoms with Crippen LogP contribution in [-0.4, -0.2) is 11.0 Å². The van der Waals surface area contributed by atoms with Gasteiger partial charge in [0, 0.05) is 9.26 Å². The summed E-state index contributed by atoms with van der Waals surface area (Å²) in [7, 11) is 0. The molecule has 2 N–H and O–H groups in total. The molecule has 0 saturated heterocycles. The maximum Gasteiger partial charge on any atom is 0.256 e. The van der Waals surface area contributed by atoms with Crippen LogP contribution in [0.3, 0.4) is 0 Å². The molecule has 0 unspecified atom stereocenters. The van der Waals surface area contributed by atoms with E-state index in [1.165, 1.54) is 0 Å². The van der Waals surface area contributed by atoms with E-state index in [4.69, 9.17) is 0 Å². The Bertz CT molecular complexity index is 596. The number of aryl methyl sites for hydroxylation is 1. The van der Waals surface area contributed by atoms with Crippen molar-refractivity contribution in [3.05, 3.63) is 57.2 Å². The first-order valence-corrected chi connectivity index (χ1v) is 6.51. The van der Waals surface area contributed by atoms with E-state index in [2.05, 4.69) is 27.9 Å². The van der Waals surface area contributed by atoms with Crippen LogP contribution in [0.4, 0.5) is 5.69 Å². The van der Waals surface area contributed by atoms with Crippen molar-refractivity contribution in [2.24, 2.45) is 0 Å². The summed E-state index contributed by atoms with van der Waals surface area (Å²) in [5, 5.41) is 12.2. The molecule has 0 aliphatic rings. The number of benzene rings is 2. The molecule has 0 atom stereocenters. The van der Waals surface area contributed by atoms with E-state index in [1.54, 1.807) is 24.3 Å². The smallest absolute Gasteiger partial charge is 0.256 e. The predicted octanol–water partition coefficient (Wildman–Crippen LogP) is 3.56. The van der Waals surface area contributed by atoms with Crippen molar-refractivity contribution in [1.82, 2.24) is 0 Å². The lowest BCUT2D eigenvalue weighted by atomic mass is 10.1. The molecule has 3 nitrogen and oxygen atoms in total. The zero-order valence-corrected chi connectivity index (χ0v) is 11.9. The summed E-state index contributed by atoms with van der Waals surface area (Å²) in [6, 6.07) is 12.3. The summed E-state index contributed by atoms with van der Waals surface area (Å²) < 4.78 is 0.907. The second-order valence-corrected chi connectivity index (χ2v) is 5.10. The molecule has 0 aliphatic heterocycles. The molecule has 0 heterocycles. The highest BCUT2D eigenvalue weighted by Gasteiger charge is 2.10. The standard InChI is InChI=1S/C14H12INO2/c1-9-8-10(17)6-7-13(9)16-14(18)11-4-2-3-5-12(11)15/h2-8,17H,1H3,(H,16,18). The zero-order valence-electron chi connectivity index (χ0n) is 9.77. The van der Waals surface area contributed by atoms with E-state index in [9.17, 15) is 9.90 Å². The Labute approximate surface area is 119 Å². The monoisotopic (exact) mass is 353 g/mol. The first-order valence-electron chi connectivity index (χ1n) is 5.43. The molecule has 1 amide bonds. The number of anilines is 1. The Morgan fingerprint density at radius 2 is 1.94 bits per heavy atom. The van der Waals surface area contributed by atoms with Gasteiger partial charge in [0.25, 0.3) is 5.91 Å². The molecule has 0 spiro atoms. The van der Waals surface area contributed by atoms with Gasteiger partial charge < -0.3 is 10.4 Å². The first-order chi connectivity index (χ1) is 8.58. The molecule has 18 heavy (non-hydrogen) atoms. The third-order valence-electron chi connectivity index (χ3n) is 2.58. The Hall–Kier alpha value is -1.56. The maximum absolute atomic E-state index is 12.1. The van der Waals surface area contributed by atoms with Crippen molar-refractivity contribution < 1.29 is 9.90 Å². The van der Waals surface area contributed by atoms with Crippen molar-refractivity contribution in [2.75, 3.05) is 5.32 Å². The van der Waals surface area contributed by atoms with Crippen LogP contribution in [0.1, 0.15) is 15.9 Å². The maximum atomic E-state index is 12.1. The van der Waals surface area contributed by atoms with Gasteiger partial charge in [-0.25, -0.2) is 0 Å². The van der Waals surface area contributed by atoms with Gasteiger partial charge in [-0.2, -0.15) is 0 Å². The fourth-order valence-electron chi connectivity index (χ4n) is 1.62. The second-order valence-electron chi connectivity index (χ2n) is 3.93. The molecule has 0 aromatic heterocycles. The first kappa shape index (κ1) is 12.9. The van der Waals surface area contributed by atoms with E-state index >= 15 is 0 Å². The van der Waals surface area contributed by atoms with Crippen LogP contribution < -0.4 is 5.32 Å². The molecule has 0 saturated carbocycles. The largest absolute Gasteiger partial charge is 0.508 e. The molecule has 2 rings (SSSR count). The van der Waals surface area contributed by atoms with Gasteiger partial charge >= 0.3 is 0 Å². The third kappa shape index (κ3) is 2.81. The zero-order chi connectivity index (χ0) is 13.1. The number of hydrogen-bond donors (Lipinski definition) is 2. The van der Waals surface area contributed by atoms with Crippen LogP contribution in [-0.2, 0) is 0 Å². The SMILES string of the molecule is Cc1cc(O)ccc1NC(=O)c1ccccc1I. The third-order valence-corrected chi connectivity index (χ3v) is 3.52. The summed E-state index contributed by atoms with van der Waals surface area (Å²) in [5.41, 5.74) is 2.18. The number of carbonyl (C=O) groups is 1. The number of hydrogen-bond acceptors (Lipinski definition) is 2. The van der Waals surface area contributed by atoms with Crippen molar-refractivity contribution in [2.45, 2.75) is 6.92 Å². The van der Waals surface area contributed by atoms with E-state index in [1.807, 2.05) is 25.1 Å². The number of phenolic OH excluding ortho intramolecular Hbond substituents is 1. The predicted molar refractivity (Wildman–Crippen MR) is 80.0 cm³/mol. The summed E-state index contributed by atoms with van der Waals surface area (Å²) in [4.78, 5) is 12.1. The quantitative estimate of drug-likeness (QED) is 0.641. The lowest BCUT2D eigenvalue weighted by molar-refractivity contribution is 0.102. The summed E-state index contributed by atoms with van der Waals surface area (Å²) in [5.74, 6) is 0.0496. The molecule has 2 aromatic carbocycles. The topological polar surface area (TPSA) is 49.3 Å². The van der Waals surface area contributed by atoms with Gasteiger partial charge in [0.15, 0.2) is 0 Å². The Balaban J connectivity index is 2.24. The van der Waals surface area contributed by atoms with Crippen LogP contribution in [0.5, 0.6) is 5.75 Å².